The highest BCUT2D eigenvalue weighted by Gasteiger charge is 2.05. The monoisotopic (exact) mass is 200 g/mol. The summed E-state index contributed by atoms with van der Waals surface area (Å²) in [5.41, 5.74) is 2.15. The summed E-state index contributed by atoms with van der Waals surface area (Å²) in [5, 5.41) is 0. The minimum Gasteiger partial charge on any atom is -0.324 e. The molecule has 1 N–H and O–H groups in total. The third-order valence-corrected chi connectivity index (χ3v) is 4.83. The predicted octanol–water partition coefficient (Wildman–Crippen LogP) is 1.73. The average molecular weight is 200 g/mol. The Morgan fingerprint density at radius 3 is 2.31 bits per heavy atom. The molecule has 1 unspecified atom stereocenters. The summed E-state index contributed by atoms with van der Waals surface area (Å²) < 4.78 is 0. The number of rotatable bonds is 8. The van der Waals surface area contributed by atoms with Gasteiger partial charge in [0, 0.05) is 6.67 Å². The SMILES string of the molecule is C=C[SiH](CCC)NCN(CC)CC. The molecule has 0 aliphatic rings. The fraction of sp³-hybridized carbons (Fsp3) is 0.800. The lowest BCUT2D eigenvalue weighted by molar-refractivity contribution is 0.300. The second kappa shape index (κ2) is 8.47. The zero-order valence-corrected chi connectivity index (χ0v) is 10.5. The fourth-order valence-electron chi connectivity index (χ4n) is 1.31. The Labute approximate surface area is 84.7 Å². The smallest absolute Gasteiger partial charge is 0.134 e. The van der Waals surface area contributed by atoms with Gasteiger partial charge in [-0.15, -0.1) is 6.58 Å². The molecule has 0 aromatic carbocycles. The van der Waals surface area contributed by atoms with Crippen LogP contribution in [0.1, 0.15) is 27.2 Å². The van der Waals surface area contributed by atoms with Crippen molar-refractivity contribution < 1.29 is 0 Å². The molecular weight excluding hydrogens is 176 g/mol. The van der Waals surface area contributed by atoms with E-state index in [0.29, 0.717) is 0 Å². The summed E-state index contributed by atoms with van der Waals surface area (Å²) in [6, 6.07) is 1.32. The van der Waals surface area contributed by atoms with Crippen LogP contribution in [0.2, 0.25) is 6.04 Å². The van der Waals surface area contributed by atoms with Crippen molar-refractivity contribution in [2.45, 2.75) is 33.2 Å². The maximum Gasteiger partial charge on any atom is 0.134 e. The van der Waals surface area contributed by atoms with Crippen molar-refractivity contribution in [3.63, 3.8) is 0 Å². The molecule has 2 nitrogen and oxygen atoms in total. The van der Waals surface area contributed by atoms with Gasteiger partial charge in [-0.05, 0) is 19.1 Å². The quantitative estimate of drug-likeness (QED) is 0.474. The van der Waals surface area contributed by atoms with Gasteiger partial charge in [0.15, 0.2) is 0 Å². The zero-order chi connectivity index (χ0) is 10.1. The molecule has 0 aliphatic carbocycles. The van der Waals surface area contributed by atoms with Crippen LogP contribution in [0.4, 0.5) is 0 Å². The Hall–Kier alpha value is -0.123. The first-order valence-corrected chi connectivity index (χ1v) is 7.42. The second-order valence-electron chi connectivity index (χ2n) is 3.30. The highest BCUT2D eigenvalue weighted by molar-refractivity contribution is 6.61. The molecule has 1 atom stereocenters. The minimum atomic E-state index is -0.825. The van der Waals surface area contributed by atoms with Crippen LogP contribution in [0.5, 0.6) is 0 Å². The van der Waals surface area contributed by atoms with E-state index in [4.69, 9.17) is 0 Å². The summed E-state index contributed by atoms with van der Waals surface area (Å²) in [7, 11) is -0.825. The Kier molecular flexibility index (Phi) is 8.39. The largest absolute Gasteiger partial charge is 0.324 e. The van der Waals surface area contributed by atoms with Gasteiger partial charge in [-0.1, -0.05) is 32.9 Å². The molecule has 0 spiro atoms. The van der Waals surface area contributed by atoms with E-state index in [1.807, 2.05) is 0 Å². The maximum atomic E-state index is 3.89. The van der Waals surface area contributed by atoms with Crippen LogP contribution in [0.3, 0.4) is 0 Å². The Balaban J connectivity index is 3.62. The molecule has 13 heavy (non-hydrogen) atoms. The molecule has 0 rings (SSSR count). The molecule has 0 saturated carbocycles. The van der Waals surface area contributed by atoms with Crippen LogP contribution in [-0.2, 0) is 0 Å². The van der Waals surface area contributed by atoms with Gasteiger partial charge >= 0.3 is 0 Å². The van der Waals surface area contributed by atoms with Gasteiger partial charge in [-0.25, -0.2) is 0 Å². The molecular formula is C10H24N2Si. The maximum absolute atomic E-state index is 3.89. The van der Waals surface area contributed by atoms with Gasteiger partial charge in [0.2, 0.25) is 0 Å². The highest BCUT2D eigenvalue weighted by atomic mass is 28.3. The van der Waals surface area contributed by atoms with Crippen LogP contribution in [0.25, 0.3) is 0 Å². The van der Waals surface area contributed by atoms with Crippen LogP contribution >= 0.6 is 0 Å². The van der Waals surface area contributed by atoms with Crippen molar-refractivity contribution in [3.8, 4) is 0 Å². The normalized spacial score (nSPS) is 13.2. The van der Waals surface area contributed by atoms with E-state index in [-0.39, 0.29) is 0 Å². The molecule has 0 saturated heterocycles. The summed E-state index contributed by atoms with van der Waals surface area (Å²) >= 11 is 0. The van der Waals surface area contributed by atoms with Gasteiger partial charge in [0.1, 0.15) is 8.96 Å². The molecule has 78 valence electrons. The van der Waals surface area contributed by atoms with E-state index in [1.165, 1.54) is 12.5 Å². The molecule has 0 radical (unpaired) electrons. The third-order valence-electron chi connectivity index (χ3n) is 2.36. The summed E-state index contributed by atoms with van der Waals surface area (Å²) in [6.45, 7) is 13.8. The molecule has 0 aromatic rings. The molecule has 3 heteroatoms. The van der Waals surface area contributed by atoms with Crippen LogP contribution in [0, 0.1) is 0 Å². The fourth-order valence-corrected chi connectivity index (χ4v) is 3.03. The standard InChI is InChI=1S/C10H24N2Si/c1-5-9-13(8-4)11-10-12(6-2)7-3/h8,11,13H,4-7,9-10H2,1-3H3. The van der Waals surface area contributed by atoms with E-state index < -0.39 is 8.96 Å². The Bertz CT molecular complexity index is 124. The van der Waals surface area contributed by atoms with Crippen molar-refractivity contribution in [1.82, 2.24) is 9.88 Å². The van der Waals surface area contributed by atoms with Gasteiger partial charge < -0.3 is 4.98 Å². The number of hydrogen-bond donors (Lipinski definition) is 1. The molecule has 0 fully saturated rings. The lowest BCUT2D eigenvalue weighted by Crippen LogP contribution is -2.41. The van der Waals surface area contributed by atoms with Crippen molar-refractivity contribution in [2.75, 3.05) is 19.8 Å². The molecule has 0 heterocycles. The summed E-state index contributed by atoms with van der Waals surface area (Å²) in [6.07, 6.45) is 1.27. The first-order valence-electron chi connectivity index (χ1n) is 5.36. The van der Waals surface area contributed by atoms with E-state index >= 15 is 0 Å². The lowest BCUT2D eigenvalue weighted by atomic mass is 10.6. The topological polar surface area (TPSA) is 15.3 Å². The van der Waals surface area contributed by atoms with Crippen LogP contribution in [0.15, 0.2) is 12.3 Å². The minimum absolute atomic E-state index is 0.825. The van der Waals surface area contributed by atoms with E-state index in [9.17, 15) is 0 Å². The average Bonchev–Trinajstić information content (AvgIpc) is 2.17. The summed E-state index contributed by atoms with van der Waals surface area (Å²) in [4.78, 5) is 6.02. The van der Waals surface area contributed by atoms with Crippen molar-refractivity contribution in [3.05, 3.63) is 12.3 Å². The third kappa shape index (κ3) is 6.02. The molecule has 0 amide bonds. The first-order chi connectivity index (χ1) is 6.28. The first kappa shape index (κ1) is 12.9. The van der Waals surface area contributed by atoms with E-state index in [0.717, 1.165) is 19.8 Å². The Morgan fingerprint density at radius 2 is 1.92 bits per heavy atom. The lowest BCUT2D eigenvalue weighted by Gasteiger charge is -2.21. The number of hydrogen-bond acceptors (Lipinski definition) is 2. The Morgan fingerprint density at radius 1 is 1.31 bits per heavy atom. The molecule has 0 aliphatic heterocycles. The van der Waals surface area contributed by atoms with Crippen molar-refractivity contribution >= 4 is 8.96 Å². The van der Waals surface area contributed by atoms with Gasteiger partial charge in [0.25, 0.3) is 0 Å². The van der Waals surface area contributed by atoms with E-state index in [2.05, 4.69) is 42.9 Å². The van der Waals surface area contributed by atoms with Crippen molar-refractivity contribution in [1.29, 1.82) is 0 Å². The van der Waals surface area contributed by atoms with Crippen LogP contribution in [-0.4, -0.2) is 33.6 Å². The molecule has 0 bridgehead atoms. The van der Waals surface area contributed by atoms with Crippen molar-refractivity contribution in [2.24, 2.45) is 0 Å². The van der Waals surface area contributed by atoms with Crippen LogP contribution < -0.4 is 4.98 Å². The number of nitrogens with one attached hydrogen (secondary N) is 1. The van der Waals surface area contributed by atoms with Gasteiger partial charge in [0.05, 0.1) is 0 Å². The predicted molar refractivity (Wildman–Crippen MR) is 63.4 cm³/mol. The highest BCUT2D eigenvalue weighted by Crippen LogP contribution is 1.95. The second-order valence-corrected chi connectivity index (χ2v) is 5.97. The van der Waals surface area contributed by atoms with Gasteiger partial charge in [-0.2, -0.15) is 0 Å². The van der Waals surface area contributed by atoms with Gasteiger partial charge in [-0.3, -0.25) is 4.90 Å². The zero-order valence-electron chi connectivity index (χ0n) is 9.34. The number of nitrogens with zero attached hydrogens (tertiary/aromatic N) is 1. The molecule has 0 aromatic heterocycles. The van der Waals surface area contributed by atoms with E-state index in [1.54, 1.807) is 0 Å². The summed E-state index contributed by atoms with van der Waals surface area (Å²) in [5.74, 6) is 0.